The van der Waals surface area contributed by atoms with E-state index in [2.05, 4.69) is 223 Å². The first-order chi connectivity index (χ1) is 30.7. The number of para-hydroxylation sites is 1. The maximum Gasteiger partial charge on any atom is 0.137 e. The Bertz CT molecular complexity index is 3990. The first kappa shape index (κ1) is 34.6. The van der Waals surface area contributed by atoms with E-state index in [-0.39, 0.29) is 0 Å². The highest BCUT2D eigenvalue weighted by atomic mass is 16.3. The van der Waals surface area contributed by atoms with Gasteiger partial charge in [-0.15, -0.1) is 0 Å². The largest absolute Gasteiger partial charge is 0.456 e. The summed E-state index contributed by atoms with van der Waals surface area (Å²) in [4.78, 5) is 2.42. The van der Waals surface area contributed by atoms with Crippen LogP contribution in [0.3, 0.4) is 0 Å². The van der Waals surface area contributed by atoms with Gasteiger partial charge in [0.2, 0.25) is 0 Å². The zero-order valence-corrected chi connectivity index (χ0v) is 33.7. The SMILES string of the molecule is c1ccc(-c2ccc3c(c2)c2ccccc2c2cccc4cccc(c5cccc6c(N(c7ccc8ccccc8c7)c7ccc8c(c7)oc7ccccc78)ccc3c65)c42)cc1. The van der Waals surface area contributed by atoms with Gasteiger partial charge in [-0.2, -0.15) is 0 Å². The summed E-state index contributed by atoms with van der Waals surface area (Å²) < 4.78 is 6.54. The van der Waals surface area contributed by atoms with Crippen LogP contribution in [0.25, 0.3) is 108 Å². The van der Waals surface area contributed by atoms with E-state index in [0.717, 1.165) is 39.0 Å². The highest BCUT2D eigenvalue weighted by Gasteiger charge is 2.21. The normalized spacial score (nSPS) is 11.9. The predicted octanol–water partition coefficient (Wildman–Crippen LogP) is 17.4. The van der Waals surface area contributed by atoms with Gasteiger partial charge in [-0.1, -0.05) is 176 Å². The molecule has 0 saturated carbocycles. The number of nitrogens with zero attached hydrogens (tertiary/aromatic N) is 1. The first-order valence-electron chi connectivity index (χ1n) is 21.3. The molecule has 62 heavy (non-hydrogen) atoms. The topological polar surface area (TPSA) is 16.4 Å². The second-order valence-electron chi connectivity index (χ2n) is 16.4. The van der Waals surface area contributed by atoms with Crippen molar-refractivity contribution in [2.75, 3.05) is 4.90 Å². The molecule has 0 aliphatic carbocycles. The van der Waals surface area contributed by atoms with Gasteiger partial charge in [0.05, 0.1) is 5.69 Å². The van der Waals surface area contributed by atoms with Gasteiger partial charge in [-0.3, -0.25) is 0 Å². The minimum atomic E-state index is 0.864. The monoisotopic (exact) mass is 787 g/mol. The number of benzene rings is 11. The summed E-state index contributed by atoms with van der Waals surface area (Å²) in [6.07, 6.45) is 0. The average Bonchev–Trinajstić information content (AvgIpc) is 3.71. The summed E-state index contributed by atoms with van der Waals surface area (Å²) in [6.45, 7) is 0. The molecule has 1 heterocycles. The van der Waals surface area contributed by atoms with Crippen LogP contribution in [0.2, 0.25) is 0 Å². The highest BCUT2D eigenvalue weighted by Crippen LogP contribution is 2.47. The zero-order chi connectivity index (χ0) is 40.7. The number of fused-ring (bicyclic) bond motifs is 10. The van der Waals surface area contributed by atoms with Crippen molar-refractivity contribution in [3.05, 3.63) is 224 Å². The predicted molar refractivity (Wildman–Crippen MR) is 265 cm³/mol. The third kappa shape index (κ3) is 5.30. The lowest BCUT2D eigenvalue weighted by Crippen LogP contribution is -2.10. The molecule has 0 amide bonds. The Labute approximate surface area is 357 Å². The number of furan rings is 1. The van der Waals surface area contributed by atoms with Gasteiger partial charge in [-0.25, -0.2) is 0 Å². The van der Waals surface area contributed by atoms with Crippen molar-refractivity contribution in [2.24, 2.45) is 0 Å². The van der Waals surface area contributed by atoms with E-state index in [9.17, 15) is 0 Å². The molecule has 0 fully saturated rings. The van der Waals surface area contributed by atoms with Crippen LogP contribution in [0.4, 0.5) is 17.1 Å². The lowest BCUT2D eigenvalue weighted by molar-refractivity contribution is 0.669. The van der Waals surface area contributed by atoms with E-state index >= 15 is 0 Å². The van der Waals surface area contributed by atoms with Crippen molar-refractivity contribution in [1.29, 1.82) is 0 Å². The Morgan fingerprint density at radius 2 is 0.790 bits per heavy atom. The van der Waals surface area contributed by atoms with Crippen molar-refractivity contribution >= 4 is 114 Å². The molecule has 2 heteroatoms. The Balaban J connectivity index is 1.21. The standard InChI is InChI=1S/C60H37NO/c1-2-13-38(14-3-1)42-28-31-47-53-33-34-56(61(43-29-27-39-15-4-5-16-41(39)35-43)44-30-32-49-48-21-8-9-26-57(48)62-58(49)37-44)54-25-12-24-52(60(53)54)51-23-11-18-40-17-10-22-50(59(40)51)45-19-6-7-20-46(45)55(47)36-42/h1-37H. The second kappa shape index (κ2) is 13.7. The molecule has 0 N–H and O–H groups in total. The van der Waals surface area contributed by atoms with E-state index in [4.69, 9.17) is 4.42 Å². The summed E-state index contributed by atoms with van der Waals surface area (Å²) in [5.74, 6) is 0. The van der Waals surface area contributed by atoms with Crippen LogP contribution in [0.1, 0.15) is 0 Å². The summed E-state index contributed by atoms with van der Waals surface area (Å²) in [5, 5.41) is 19.2. The first-order valence-corrected chi connectivity index (χ1v) is 21.3. The molecule has 0 unspecified atom stereocenters. The van der Waals surface area contributed by atoms with Crippen LogP contribution in [-0.2, 0) is 0 Å². The molecule has 0 radical (unpaired) electrons. The Morgan fingerprint density at radius 1 is 0.258 bits per heavy atom. The van der Waals surface area contributed by atoms with Crippen LogP contribution in [0, 0.1) is 0 Å². The van der Waals surface area contributed by atoms with Crippen molar-refractivity contribution in [3.8, 4) is 11.1 Å². The van der Waals surface area contributed by atoms with Crippen molar-refractivity contribution in [2.45, 2.75) is 0 Å². The van der Waals surface area contributed by atoms with E-state index in [1.807, 2.05) is 6.07 Å². The lowest BCUT2D eigenvalue weighted by Gasteiger charge is -2.28. The van der Waals surface area contributed by atoms with Gasteiger partial charge in [0.25, 0.3) is 0 Å². The van der Waals surface area contributed by atoms with Crippen LogP contribution in [-0.4, -0.2) is 0 Å². The molecule has 0 aliphatic heterocycles. The Morgan fingerprint density at radius 3 is 1.63 bits per heavy atom. The van der Waals surface area contributed by atoms with E-state index in [1.165, 1.54) is 86.5 Å². The minimum Gasteiger partial charge on any atom is -0.456 e. The van der Waals surface area contributed by atoms with Gasteiger partial charge in [0, 0.05) is 33.6 Å². The van der Waals surface area contributed by atoms with E-state index < -0.39 is 0 Å². The van der Waals surface area contributed by atoms with Gasteiger partial charge >= 0.3 is 0 Å². The molecule has 13 aromatic rings. The van der Waals surface area contributed by atoms with Crippen LogP contribution in [0.15, 0.2) is 229 Å². The number of anilines is 3. The maximum atomic E-state index is 6.54. The lowest BCUT2D eigenvalue weighted by atomic mass is 9.90. The fraction of sp³-hybridized carbons (Fsp3) is 0. The molecule has 0 spiro atoms. The molecule has 0 atom stereocenters. The molecular formula is C60H37NO. The molecule has 1 aromatic heterocycles. The van der Waals surface area contributed by atoms with Crippen LogP contribution < -0.4 is 4.90 Å². The third-order valence-electron chi connectivity index (χ3n) is 13.0. The molecular weight excluding hydrogens is 751 g/mol. The number of rotatable bonds is 4. The summed E-state index contributed by atoms with van der Waals surface area (Å²) in [6, 6.07) is 82.3. The third-order valence-corrected chi connectivity index (χ3v) is 13.0. The Hall–Kier alpha value is -8.20. The highest BCUT2D eigenvalue weighted by molar-refractivity contribution is 6.32. The molecule has 288 valence electrons. The quantitative estimate of drug-likeness (QED) is 0.177. The van der Waals surface area contributed by atoms with Gasteiger partial charge in [0.1, 0.15) is 11.2 Å². The zero-order valence-electron chi connectivity index (χ0n) is 33.7. The summed E-state index contributed by atoms with van der Waals surface area (Å²) in [7, 11) is 0. The molecule has 0 aliphatic rings. The second-order valence-corrected chi connectivity index (χ2v) is 16.4. The minimum absolute atomic E-state index is 0.864. The molecule has 2 nitrogen and oxygen atoms in total. The number of hydrogen-bond donors (Lipinski definition) is 0. The van der Waals surface area contributed by atoms with E-state index in [0.29, 0.717) is 0 Å². The van der Waals surface area contributed by atoms with Gasteiger partial charge in [0.15, 0.2) is 0 Å². The molecule has 0 bridgehead atoms. The smallest absolute Gasteiger partial charge is 0.137 e. The average molecular weight is 788 g/mol. The number of hydrogen-bond acceptors (Lipinski definition) is 2. The summed E-state index contributed by atoms with van der Waals surface area (Å²) in [5.41, 5.74) is 7.35. The van der Waals surface area contributed by atoms with Gasteiger partial charge < -0.3 is 9.32 Å². The molecule has 0 saturated heterocycles. The maximum absolute atomic E-state index is 6.54. The van der Waals surface area contributed by atoms with Crippen molar-refractivity contribution in [1.82, 2.24) is 0 Å². The molecule has 13 rings (SSSR count). The van der Waals surface area contributed by atoms with Gasteiger partial charge in [-0.05, 0) is 124 Å². The fourth-order valence-electron chi connectivity index (χ4n) is 10.2. The van der Waals surface area contributed by atoms with Crippen LogP contribution >= 0.6 is 0 Å². The summed E-state index contributed by atoms with van der Waals surface area (Å²) >= 11 is 0. The Kier molecular flexibility index (Phi) is 7.64. The van der Waals surface area contributed by atoms with Crippen molar-refractivity contribution in [3.63, 3.8) is 0 Å². The van der Waals surface area contributed by atoms with Crippen LogP contribution in [0.5, 0.6) is 0 Å². The van der Waals surface area contributed by atoms with E-state index in [1.54, 1.807) is 0 Å². The fourth-order valence-corrected chi connectivity index (χ4v) is 10.2. The molecule has 12 aromatic carbocycles. The van der Waals surface area contributed by atoms with Crippen molar-refractivity contribution < 1.29 is 4.42 Å².